The minimum atomic E-state index is -0.229. The highest BCUT2D eigenvalue weighted by Crippen LogP contribution is 2.35. The van der Waals surface area contributed by atoms with E-state index in [9.17, 15) is 0 Å². The molecule has 0 bridgehead atoms. The molecule has 6 heteroatoms. The molecule has 0 N–H and O–H groups in total. The number of ether oxygens (including phenoxy) is 1. The summed E-state index contributed by atoms with van der Waals surface area (Å²) in [6.45, 7) is 6.01. The number of rotatable bonds is 3. The van der Waals surface area contributed by atoms with Crippen LogP contribution in [0.5, 0.6) is 0 Å². The van der Waals surface area contributed by atoms with E-state index < -0.39 is 0 Å². The van der Waals surface area contributed by atoms with Gasteiger partial charge in [0.2, 0.25) is 5.82 Å². The molecule has 1 unspecified atom stereocenters. The van der Waals surface area contributed by atoms with Gasteiger partial charge < -0.3 is 9.26 Å². The van der Waals surface area contributed by atoms with Crippen LogP contribution in [0.3, 0.4) is 0 Å². The summed E-state index contributed by atoms with van der Waals surface area (Å²) in [6, 6.07) is 10.3. The molecule has 1 atom stereocenters. The zero-order chi connectivity index (χ0) is 18.7. The van der Waals surface area contributed by atoms with Crippen molar-refractivity contribution in [3.63, 3.8) is 0 Å². The van der Waals surface area contributed by atoms with E-state index >= 15 is 0 Å². The van der Waals surface area contributed by atoms with Gasteiger partial charge in [-0.2, -0.15) is 4.98 Å². The van der Waals surface area contributed by atoms with Crippen molar-refractivity contribution in [2.75, 3.05) is 7.11 Å². The molecule has 3 aromatic rings. The second kappa shape index (κ2) is 5.69. The lowest BCUT2D eigenvalue weighted by Crippen LogP contribution is -2.18. The van der Waals surface area contributed by atoms with Crippen molar-refractivity contribution in [1.29, 1.82) is 0 Å². The number of allylic oxidation sites excluding steroid dienone is 1. The average Bonchev–Trinajstić information content (AvgIpc) is 3.37. The number of hydrogen-bond donors (Lipinski definition) is 0. The van der Waals surface area contributed by atoms with Gasteiger partial charge in [-0.25, -0.2) is 9.98 Å². The number of methoxy groups -OCH3 is 1. The zero-order valence-corrected chi connectivity index (χ0v) is 15.6. The van der Waals surface area contributed by atoms with Crippen LogP contribution in [0.2, 0.25) is 0 Å². The Morgan fingerprint density at radius 1 is 1.07 bits per heavy atom. The lowest BCUT2D eigenvalue weighted by molar-refractivity contribution is 0.109. The summed E-state index contributed by atoms with van der Waals surface area (Å²) in [5.41, 5.74) is 7.24. The van der Waals surface area contributed by atoms with Gasteiger partial charge in [-0.3, -0.25) is 0 Å². The number of para-hydroxylation sites is 1. The Kier molecular flexibility index (Phi) is 3.39. The van der Waals surface area contributed by atoms with Crippen molar-refractivity contribution in [3.8, 4) is 11.1 Å². The molecule has 0 saturated carbocycles. The van der Waals surface area contributed by atoms with E-state index in [2.05, 4.69) is 29.2 Å². The molecule has 0 spiro atoms. The second-order valence-corrected chi connectivity index (χ2v) is 6.84. The van der Waals surface area contributed by atoms with Crippen LogP contribution in [-0.2, 0) is 4.74 Å². The van der Waals surface area contributed by atoms with Crippen molar-refractivity contribution in [2.45, 2.75) is 26.9 Å². The maximum absolute atomic E-state index is 5.45. The lowest BCUT2D eigenvalue weighted by Gasteiger charge is -2.05. The van der Waals surface area contributed by atoms with Gasteiger partial charge in [0.1, 0.15) is 11.8 Å². The van der Waals surface area contributed by atoms with Crippen LogP contribution in [0, 0.1) is 6.92 Å². The van der Waals surface area contributed by atoms with Crippen LogP contribution in [0.15, 0.2) is 44.8 Å². The molecular formula is C21H18N4O2. The van der Waals surface area contributed by atoms with E-state index in [0.29, 0.717) is 17.4 Å². The Morgan fingerprint density at radius 2 is 1.89 bits per heavy atom. The van der Waals surface area contributed by atoms with E-state index in [1.807, 2.05) is 32.0 Å². The van der Waals surface area contributed by atoms with E-state index in [1.54, 1.807) is 7.11 Å². The van der Waals surface area contributed by atoms with Gasteiger partial charge in [-0.1, -0.05) is 23.4 Å². The van der Waals surface area contributed by atoms with Crippen molar-refractivity contribution in [3.05, 3.63) is 63.9 Å². The maximum Gasteiger partial charge on any atom is 0.276 e. The minimum Gasteiger partial charge on any atom is -0.374 e. The standard InChI is InChI=1S/C21H18N4O2/c1-10-17-11(2)19(21-24-20(25-27-21)12(3)26-4)23-16(17)9-14-13-7-5-6-8-15(13)22-18(10)14/h5-9,12H,1-4H3. The summed E-state index contributed by atoms with van der Waals surface area (Å²) >= 11 is 0. The van der Waals surface area contributed by atoms with Crippen molar-refractivity contribution < 1.29 is 9.26 Å². The van der Waals surface area contributed by atoms with E-state index in [-0.39, 0.29) is 6.10 Å². The molecule has 2 aliphatic rings. The summed E-state index contributed by atoms with van der Waals surface area (Å²) < 4.78 is 10.7. The second-order valence-electron chi connectivity index (χ2n) is 6.84. The summed E-state index contributed by atoms with van der Waals surface area (Å²) in [4.78, 5) is 14.1. The molecule has 0 amide bonds. The Labute approximate surface area is 155 Å². The average molecular weight is 358 g/mol. The van der Waals surface area contributed by atoms with E-state index in [4.69, 9.17) is 19.2 Å². The van der Waals surface area contributed by atoms with Gasteiger partial charge in [0, 0.05) is 23.8 Å². The fraction of sp³-hybridized carbons (Fsp3) is 0.238. The largest absolute Gasteiger partial charge is 0.374 e. The summed E-state index contributed by atoms with van der Waals surface area (Å²) in [7, 11) is 1.62. The summed E-state index contributed by atoms with van der Waals surface area (Å²) in [5, 5.41) is 5.96. The van der Waals surface area contributed by atoms with Crippen LogP contribution in [0.25, 0.3) is 22.4 Å². The Balaban J connectivity index is 1.68. The van der Waals surface area contributed by atoms with Crippen LogP contribution in [0.4, 0.5) is 5.69 Å². The molecular weight excluding hydrogens is 340 g/mol. The normalized spacial score (nSPS) is 15.1. The molecule has 0 aliphatic carbocycles. The van der Waals surface area contributed by atoms with Crippen LogP contribution >= 0.6 is 0 Å². The van der Waals surface area contributed by atoms with Gasteiger partial charge in [-0.15, -0.1) is 0 Å². The van der Waals surface area contributed by atoms with Crippen molar-refractivity contribution in [2.24, 2.45) is 9.98 Å². The topological polar surface area (TPSA) is 72.9 Å². The SMILES string of the molecule is COC(C)c1noc(C2=C(C)c3c(C)c4c(cc3=N2)-c2ccccc2N=4)n1. The molecule has 6 nitrogen and oxygen atoms in total. The van der Waals surface area contributed by atoms with Gasteiger partial charge in [-0.05, 0) is 44.0 Å². The Morgan fingerprint density at radius 3 is 2.70 bits per heavy atom. The minimum absolute atomic E-state index is 0.229. The van der Waals surface area contributed by atoms with Gasteiger partial charge in [0.15, 0.2) is 0 Å². The lowest BCUT2D eigenvalue weighted by atomic mass is 9.96. The number of benzene rings is 2. The highest BCUT2D eigenvalue weighted by atomic mass is 16.5. The van der Waals surface area contributed by atoms with Crippen molar-refractivity contribution >= 4 is 17.0 Å². The van der Waals surface area contributed by atoms with Gasteiger partial charge in [0.25, 0.3) is 5.89 Å². The van der Waals surface area contributed by atoms with Crippen molar-refractivity contribution in [1.82, 2.24) is 10.1 Å². The highest BCUT2D eigenvalue weighted by Gasteiger charge is 2.26. The van der Waals surface area contributed by atoms with Crippen LogP contribution in [0.1, 0.15) is 42.8 Å². The van der Waals surface area contributed by atoms with Crippen LogP contribution < -0.4 is 10.7 Å². The monoisotopic (exact) mass is 358 g/mol. The number of aromatic nitrogens is 2. The quantitative estimate of drug-likeness (QED) is 0.561. The maximum atomic E-state index is 5.45. The molecule has 134 valence electrons. The fourth-order valence-corrected chi connectivity index (χ4v) is 3.75. The number of nitrogens with zero attached hydrogens (tertiary/aromatic N) is 4. The fourth-order valence-electron chi connectivity index (χ4n) is 3.75. The first kappa shape index (κ1) is 16.1. The Bertz CT molecular complexity index is 1250. The molecule has 5 rings (SSSR count). The first-order valence-electron chi connectivity index (χ1n) is 8.87. The molecule has 0 radical (unpaired) electrons. The predicted octanol–water partition coefficient (Wildman–Crippen LogP) is 3.54. The molecule has 0 saturated heterocycles. The third-order valence-corrected chi connectivity index (χ3v) is 5.27. The molecule has 2 aromatic carbocycles. The van der Waals surface area contributed by atoms with Crippen LogP contribution in [-0.4, -0.2) is 17.3 Å². The molecule has 0 fully saturated rings. The summed E-state index contributed by atoms with van der Waals surface area (Å²) in [6.07, 6.45) is -0.229. The first-order valence-corrected chi connectivity index (χ1v) is 8.87. The molecule has 1 aromatic heterocycles. The number of fused-ring (bicyclic) bond motifs is 4. The van der Waals surface area contributed by atoms with E-state index in [1.165, 1.54) is 0 Å². The predicted molar refractivity (Wildman–Crippen MR) is 101 cm³/mol. The highest BCUT2D eigenvalue weighted by molar-refractivity contribution is 5.92. The first-order chi connectivity index (χ1) is 13.1. The van der Waals surface area contributed by atoms with Gasteiger partial charge in [0.05, 0.1) is 16.4 Å². The number of hydrogen-bond acceptors (Lipinski definition) is 6. The summed E-state index contributed by atoms with van der Waals surface area (Å²) in [5.74, 6) is 0.932. The smallest absolute Gasteiger partial charge is 0.276 e. The molecule has 27 heavy (non-hydrogen) atoms. The molecule has 2 aliphatic heterocycles. The zero-order valence-electron chi connectivity index (χ0n) is 15.6. The third-order valence-electron chi connectivity index (χ3n) is 5.27. The Hall–Kier alpha value is -3.12. The third kappa shape index (κ3) is 2.23. The van der Waals surface area contributed by atoms with Gasteiger partial charge >= 0.3 is 0 Å². The molecule has 3 heterocycles. The van der Waals surface area contributed by atoms with E-state index in [0.717, 1.165) is 44.2 Å².